The Morgan fingerprint density at radius 2 is 2.08 bits per heavy atom. The van der Waals surface area contributed by atoms with Gasteiger partial charge in [0, 0.05) is 18.6 Å². The lowest BCUT2D eigenvalue weighted by Crippen LogP contribution is -2.47. The van der Waals surface area contributed by atoms with Crippen molar-refractivity contribution < 1.29 is 9.90 Å². The van der Waals surface area contributed by atoms with Crippen LogP contribution in [0.15, 0.2) is 35.1 Å². The largest absolute Gasteiger partial charge is 0.465 e. The van der Waals surface area contributed by atoms with Crippen LogP contribution in [-0.4, -0.2) is 49.1 Å². The number of aromatic nitrogens is 3. The van der Waals surface area contributed by atoms with Crippen molar-refractivity contribution >= 4 is 44.5 Å². The molecule has 2 N–H and O–H groups in total. The molecule has 1 amide bonds. The Morgan fingerprint density at radius 1 is 1.36 bits per heavy atom. The highest BCUT2D eigenvalue weighted by Gasteiger charge is 2.25. The van der Waals surface area contributed by atoms with E-state index in [4.69, 9.17) is 0 Å². The lowest BCUT2D eigenvalue weighted by molar-refractivity contribution is 0.103. The highest BCUT2D eigenvalue weighted by molar-refractivity contribution is 9.10. The first-order chi connectivity index (χ1) is 11.8. The van der Waals surface area contributed by atoms with E-state index in [1.165, 1.54) is 4.90 Å². The van der Waals surface area contributed by atoms with Gasteiger partial charge >= 0.3 is 6.09 Å². The van der Waals surface area contributed by atoms with Gasteiger partial charge in [0.05, 0.1) is 17.2 Å². The number of amides is 1. The van der Waals surface area contributed by atoms with Gasteiger partial charge in [-0.3, -0.25) is 4.40 Å². The van der Waals surface area contributed by atoms with Gasteiger partial charge in [0.15, 0.2) is 11.5 Å². The highest BCUT2D eigenvalue weighted by Crippen LogP contribution is 2.25. The van der Waals surface area contributed by atoms with Crippen LogP contribution in [0.4, 0.5) is 10.6 Å². The Bertz CT molecular complexity index is 932. The van der Waals surface area contributed by atoms with E-state index in [0.29, 0.717) is 24.6 Å². The van der Waals surface area contributed by atoms with Crippen LogP contribution in [0.1, 0.15) is 20.8 Å². The summed E-state index contributed by atoms with van der Waals surface area (Å²) < 4.78 is 2.81. The van der Waals surface area contributed by atoms with Gasteiger partial charge in [0.1, 0.15) is 4.60 Å². The van der Waals surface area contributed by atoms with Crippen molar-refractivity contribution in [2.24, 2.45) is 0 Å². The van der Waals surface area contributed by atoms with Crippen LogP contribution in [0.2, 0.25) is 0 Å². The zero-order valence-electron chi connectivity index (χ0n) is 14.3. The van der Waals surface area contributed by atoms with E-state index in [2.05, 4.69) is 31.2 Å². The van der Waals surface area contributed by atoms with Crippen molar-refractivity contribution in [3.05, 3.63) is 35.1 Å². The number of carboxylic acid groups (broad SMARTS) is 1. The van der Waals surface area contributed by atoms with Crippen LogP contribution in [0, 0.1) is 0 Å². The molecule has 0 fully saturated rings. The quantitative estimate of drug-likeness (QED) is 0.688. The molecule has 0 atom stereocenters. The molecule has 2 aromatic heterocycles. The smallest absolute Gasteiger partial charge is 0.407 e. The summed E-state index contributed by atoms with van der Waals surface area (Å²) in [6.45, 7) is 6.41. The molecule has 0 aliphatic heterocycles. The van der Waals surface area contributed by atoms with Gasteiger partial charge in [-0.15, -0.1) is 0 Å². The van der Waals surface area contributed by atoms with Gasteiger partial charge in [0.2, 0.25) is 0 Å². The fourth-order valence-electron chi connectivity index (χ4n) is 2.77. The molecule has 0 saturated carbocycles. The first kappa shape index (κ1) is 17.5. The van der Waals surface area contributed by atoms with Crippen LogP contribution in [0.3, 0.4) is 0 Å². The van der Waals surface area contributed by atoms with Crippen LogP contribution in [-0.2, 0) is 0 Å². The molecular weight excluding hydrogens is 386 g/mol. The molecule has 8 heteroatoms. The molecule has 0 aliphatic rings. The van der Waals surface area contributed by atoms with Crippen molar-refractivity contribution in [1.82, 2.24) is 19.3 Å². The maximum atomic E-state index is 11.4. The normalized spacial score (nSPS) is 11.8. The molecule has 2 heterocycles. The second kappa shape index (κ2) is 6.51. The molecule has 25 heavy (non-hydrogen) atoms. The summed E-state index contributed by atoms with van der Waals surface area (Å²) in [7, 11) is 0. The lowest BCUT2D eigenvalue weighted by atomic mass is 10.1. The van der Waals surface area contributed by atoms with Crippen molar-refractivity contribution in [2.45, 2.75) is 26.3 Å². The summed E-state index contributed by atoms with van der Waals surface area (Å²) in [5, 5.41) is 12.6. The number of fused-ring (bicyclic) bond motifs is 3. The van der Waals surface area contributed by atoms with Gasteiger partial charge in [-0.05, 0) is 48.8 Å². The molecule has 1 aromatic carbocycles. The average Bonchev–Trinajstić information content (AvgIpc) is 2.92. The van der Waals surface area contributed by atoms with Crippen molar-refractivity contribution in [3.8, 4) is 0 Å². The number of halogens is 1. The maximum Gasteiger partial charge on any atom is 0.407 e. The van der Waals surface area contributed by atoms with Crippen molar-refractivity contribution in [2.75, 3.05) is 18.4 Å². The summed E-state index contributed by atoms with van der Waals surface area (Å²) in [5.41, 5.74) is 2.02. The van der Waals surface area contributed by atoms with Gasteiger partial charge in [-0.25, -0.2) is 14.8 Å². The summed E-state index contributed by atoms with van der Waals surface area (Å²) in [6, 6.07) is 7.81. The maximum absolute atomic E-state index is 11.4. The molecule has 0 radical (unpaired) electrons. The molecule has 0 spiro atoms. The third-order valence-corrected chi connectivity index (χ3v) is 4.51. The van der Waals surface area contributed by atoms with Crippen LogP contribution >= 0.6 is 15.9 Å². The molecule has 3 aromatic rings. The standard InChI is InChI=1S/C17H20BrN5O2/c1-17(2,3)22(16(24)25)9-8-19-14-15-20-10-13(18)23(15)12-7-5-4-6-11(12)21-14/h4-7,10H,8-9H2,1-3H3,(H,19,21)(H,24,25). The molecule has 0 unspecified atom stereocenters. The fraction of sp³-hybridized carbons (Fsp3) is 0.353. The topological polar surface area (TPSA) is 82.8 Å². The van der Waals surface area contributed by atoms with Gasteiger partial charge in [-0.1, -0.05) is 12.1 Å². The molecule has 0 bridgehead atoms. The van der Waals surface area contributed by atoms with E-state index < -0.39 is 11.6 Å². The first-order valence-electron chi connectivity index (χ1n) is 7.95. The predicted octanol–water partition coefficient (Wildman–Crippen LogP) is 3.84. The number of rotatable bonds is 4. The SMILES string of the molecule is CC(C)(C)N(CCNc1nc2ccccc2n2c(Br)cnc12)C(=O)O. The number of nitrogens with one attached hydrogen (secondary N) is 1. The van der Waals surface area contributed by atoms with E-state index in [9.17, 15) is 9.90 Å². The molecule has 0 saturated heterocycles. The lowest BCUT2D eigenvalue weighted by Gasteiger charge is -2.33. The number of hydrogen-bond donors (Lipinski definition) is 2. The second-order valence-corrected chi connectivity index (χ2v) is 7.53. The molecule has 132 valence electrons. The monoisotopic (exact) mass is 405 g/mol. The molecule has 0 aliphatic carbocycles. The Labute approximate surface area is 153 Å². The van der Waals surface area contributed by atoms with Crippen LogP contribution in [0.25, 0.3) is 16.7 Å². The molecule has 7 nitrogen and oxygen atoms in total. The minimum absolute atomic E-state index is 0.349. The zero-order chi connectivity index (χ0) is 18.2. The number of carbonyl (C=O) groups is 1. The van der Waals surface area contributed by atoms with Crippen molar-refractivity contribution in [3.63, 3.8) is 0 Å². The number of benzene rings is 1. The summed E-state index contributed by atoms with van der Waals surface area (Å²) in [4.78, 5) is 21.9. The highest BCUT2D eigenvalue weighted by atomic mass is 79.9. The number of imidazole rings is 1. The minimum atomic E-state index is -0.936. The Hall–Kier alpha value is -2.35. The van der Waals surface area contributed by atoms with E-state index >= 15 is 0 Å². The Balaban J connectivity index is 1.90. The van der Waals surface area contributed by atoms with E-state index in [0.717, 1.165) is 15.6 Å². The Morgan fingerprint density at radius 3 is 2.76 bits per heavy atom. The first-order valence-corrected chi connectivity index (χ1v) is 8.74. The number of anilines is 1. The molecule has 3 rings (SSSR count). The third kappa shape index (κ3) is 3.39. The summed E-state index contributed by atoms with van der Waals surface area (Å²) >= 11 is 3.52. The predicted molar refractivity (Wildman–Crippen MR) is 101 cm³/mol. The third-order valence-electron chi connectivity index (χ3n) is 3.95. The number of para-hydroxylation sites is 2. The Kier molecular flexibility index (Phi) is 4.55. The summed E-state index contributed by atoms with van der Waals surface area (Å²) in [5.74, 6) is 0.628. The number of nitrogens with zero attached hydrogens (tertiary/aromatic N) is 4. The molecular formula is C17H20BrN5O2. The van der Waals surface area contributed by atoms with E-state index in [-0.39, 0.29) is 0 Å². The van der Waals surface area contributed by atoms with E-state index in [1.54, 1.807) is 6.20 Å². The van der Waals surface area contributed by atoms with Gasteiger partial charge in [0.25, 0.3) is 0 Å². The van der Waals surface area contributed by atoms with Crippen LogP contribution in [0.5, 0.6) is 0 Å². The van der Waals surface area contributed by atoms with Gasteiger partial charge in [-0.2, -0.15) is 0 Å². The minimum Gasteiger partial charge on any atom is -0.465 e. The fourth-order valence-corrected chi connectivity index (χ4v) is 3.23. The van der Waals surface area contributed by atoms with Gasteiger partial charge < -0.3 is 15.3 Å². The second-order valence-electron chi connectivity index (χ2n) is 6.72. The number of hydrogen-bond acceptors (Lipinski definition) is 4. The van der Waals surface area contributed by atoms with E-state index in [1.807, 2.05) is 49.4 Å². The zero-order valence-corrected chi connectivity index (χ0v) is 15.9. The summed E-state index contributed by atoms with van der Waals surface area (Å²) in [6.07, 6.45) is 0.794. The van der Waals surface area contributed by atoms with Crippen LogP contribution < -0.4 is 5.32 Å². The van der Waals surface area contributed by atoms with Crippen molar-refractivity contribution in [1.29, 1.82) is 0 Å². The average molecular weight is 406 g/mol.